The zero-order chi connectivity index (χ0) is 27.3. The van der Waals surface area contributed by atoms with Crippen molar-refractivity contribution < 1.29 is 28.7 Å². The number of aromatic nitrogens is 2. The SMILES string of the molecule is CC1(C(=O)N2CCC(n3cc(CNc4cccc5c4C(=O)N(C4CCC(=O)NC4=O)C5=O)cn3)CC2)COC1. The normalized spacial score (nSPS) is 22.9. The Morgan fingerprint density at radius 3 is 2.59 bits per heavy atom. The second kappa shape index (κ2) is 9.60. The summed E-state index contributed by atoms with van der Waals surface area (Å²) in [5, 5.41) is 10.00. The fourth-order valence-corrected chi connectivity index (χ4v) is 5.77. The van der Waals surface area contributed by atoms with Crippen LogP contribution in [0, 0.1) is 5.41 Å². The molecule has 0 bridgehead atoms. The molecular formula is C27H30N6O6. The lowest BCUT2D eigenvalue weighted by Crippen LogP contribution is -2.55. The zero-order valence-corrected chi connectivity index (χ0v) is 21.6. The maximum Gasteiger partial charge on any atom is 0.264 e. The average Bonchev–Trinajstić information content (AvgIpc) is 3.49. The van der Waals surface area contributed by atoms with Crippen molar-refractivity contribution >= 4 is 35.2 Å². The first-order valence-electron chi connectivity index (χ1n) is 13.2. The molecule has 1 aromatic carbocycles. The number of nitrogens with one attached hydrogen (secondary N) is 2. The molecule has 1 atom stereocenters. The van der Waals surface area contributed by atoms with Gasteiger partial charge in [0.2, 0.25) is 17.7 Å². The Balaban J connectivity index is 1.09. The summed E-state index contributed by atoms with van der Waals surface area (Å²) >= 11 is 0. The Kier molecular flexibility index (Phi) is 6.21. The fraction of sp³-hybridized carbons (Fsp3) is 0.481. The van der Waals surface area contributed by atoms with Crippen LogP contribution in [0.5, 0.6) is 0 Å². The van der Waals surface area contributed by atoms with Gasteiger partial charge in [0.1, 0.15) is 6.04 Å². The smallest absolute Gasteiger partial charge is 0.264 e. The molecule has 39 heavy (non-hydrogen) atoms. The second-order valence-corrected chi connectivity index (χ2v) is 10.9. The Morgan fingerprint density at radius 2 is 1.90 bits per heavy atom. The van der Waals surface area contributed by atoms with Crippen LogP contribution in [-0.4, -0.2) is 81.5 Å². The summed E-state index contributed by atoms with van der Waals surface area (Å²) in [5.41, 5.74) is 1.47. The van der Waals surface area contributed by atoms with Crippen LogP contribution in [-0.2, 0) is 25.7 Å². The highest BCUT2D eigenvalue weighted by molar-refractivity contribution is 6.25. The van der Waals surface area contributed by atoms with E-state index in [1.807, 2.05) is 22.7 Å². The average molecular weight is 535 g/mol. The van der Waals surface area contributed by atoms with Crippen molar-refractivity contribution in [2.45, 2.75) is 51.2 Å². The number of rotatable bonds is 6. The van der Waals surface area contributed by atoms with Crippen molar-refractivity contribution in [3.63, 3.8) is 0 Å². The number of amides is 5. The summed E-state index contributed by atoms with van der Waals surface area (Å²) in [7, 11) is 0. The number of imide groups is 2. The fourth-order valence-electron chi connectivity index (χ4n) is 5.77. The molecular weight excluding hydrogens is 504 g/mol. The molecule has 5 amide bonds. The number of fused-ring (bicyclic) bond motifs is 1. The number of carbonyl (C=O) groups is 5. The second-order valence-electron chi connectivity index (χ2n) is 10.9. The van der Waals surface area contributed by atoms with Crippen molar-refractivity contribution in [2.75, 3.05) is 31.6 Å². The summed E-state index contributed by atoms with van der Waals surface area (Å²) in [6.07, 6.45) is 5.54. The highest BCUT2D eigenvalue weighted by Gasteiger charge is 2.46. The molecule has 5 heterocycles. The predicted octanol–water partition coefficient (Wildman–Crippen LogP) is 1.10. The number of nitrogens with zero attached hydrogens (tertiary/aromatic N) is 4. The van der Waals surface area contributed by atoms with E-state index in [1.165, 1.54) is 0 Å². The molecule has 1 unspecified atom stereocenters. The van der Waals surface area contributed by atoms with Gasteiger partial charge in [0.25, 0.3) is 11.8 Å². The molecule has 1 aromatic heterocycles. The van der Waals surface area contributed by atoms with Gasteiger partial charge in [-0.2, -0.15) is 5.10 Å². The van der Waals surface area contributed by atoms with E-state index >= 15 is 0 Å². The minimum absolute atomic E-state index is 0.0720. The molecule has 2 N–H and O–H groups in total. The quantitative estimate of drug-likeness (QED) is 0.525. The van der Waals surface area contributed by atoms with Gasteiger partial charge in [-0.25, -0.2) is 0 Å². The molecule has 2 aromatic rings. The molecule has 3 saturated heterocycles. The number of carbonyl (C=O) groups excluding carboxylic acids is 5. The van der Waals surface area contributed by atoms with Crippen molar-refractivity contribution in [3.8, 4) is 0 Å². The van der Waals surface area contributed by atoms with Gasteiger partial charge >= 0.3 is 0 Å². The summed E-state index contributed by atoms with van der Waals surface area (Å²) in [6, 6.07) is 4.17. The van der Waals surface area contributed by atoms with Gasteiger partial charge in [0.05, 0.1) is 42.0 Å². The van der Waals surface area contributed by atoms with Crippen LogP contribution in [0.1, 0.15) is 64.9 Å². The number of benzene rings is 1. The highest BCUT2D eigenvalue weighted by Crippen LogP contribution is 2.34. The molecule has 0 spiro atoms. The zero-order valence-electron chi connectivity index (χ0n) is 21.6. The van der Waals surface area contributed by atoms with Gasteiger partial charge in [0, 0.05) is 43.5 Å². The van der Waals surface area contributed by atoms with Gasteiger partial charge in [0.15, 0.2) is 0 Å². The molecule has 12 heteroatoms. The predicted molar refractivity (Wildman–Crippen MR) is 136 cm³/mol. The maximum atomic E-state index is 13.3. The van der Waals surface area contributed by atoms with E-state index < -0.39 is 29.7 Å². The Morgan fingerprint density at radius 1 is 1.13 bits per heavy atom. The first kappa shape index (κ1) is 25.2. The van der Waals surface area contributed by atoms with Gasteiger partial charge in [-0.1, -0.05) is 6.07 Å². The third kappa shape index (κ3) is 4.38. The number of anilines is 1. The van der Waals surface area contributed by atoms with Crippen LogP contribution < -0.4 is 10.6 Å². The van der Waals surface area contributed by atoms with Crippen molar-refractivity contribution in [1.82, 2.24) is 24.9 Å². The lowest BCUT2D eigenvalue weighted by atomic mass is 9.86. The van der Waals surface area contributed by atoms with E-state index in [1.54, 1.807) is 24.4 Å². The van der Waals surface area contributed by atoms with E-state index in [9.17, 15) is 24.0 Å². The monoisotopic (exact) mass is 534 g/mol. The molecule has 204 valence electrons. The van der Waals surface area contributed by atoms with Gasteiger partial charge < -0.3 is 15.0 Å². The van der Waals surface area contributed by atoms with Crippen LogP contribution in [0.2, 0.25) is 0 Å². The summed E-state index contributed by atoms with van der Waals surface area (Å²) in [6.45, 7) is 4.67. The minimum atomic E-state index is -1.01. The largest absolute Gasteiger partial charge is 0.380 e. The highest BCUT2D eigenvalue weighted by atomic mass is 16.5. The number of hydrogen-bond acceptors (Lipinski definition) is 8. The molecule has 12 nitrogen and oxygen atoms in total. The molecule has 3 fully saturated rings. The van der Waals surface area contributed by atoms with E-state index in [2.05, 4.69) is 15.7 Å². The van der Waals surface area contributed by atoms with E-state index in [0.29, 0.717) is 38.5 Å². The molecule has 0 saturated carbocycles. The number of hydrogen-bond donors (Lipinski definition) is 2. The lowest BCUT2D eigenvalue weighted by Gasteiger charge is -2.42. The van der Waals surface area contributed by atoms with Gasteiger partial charge in [-0.15, -0.1) is 0 Å². The van der Waals surface area contributed by atoms with Crippen molar-refractivity contribution in [2.24, 2.45) is 5.41 Å². The lowest BCUT2D eigenvalue weighted by molar-refractivity contribution is -0.170. The topological polar surface area (TPSA) is 143 Å². The van der Waals surface area contributed by atoms with Gasteiger partial charge in [-0.05, 0) is 38.3 Å². The first-order chi connectivity index (χ1) is 18.7. The van der Waals surface area contributed by atoms with Crippen LogP contribution in [0.15, 0.2) is 30.6 Å². The van der Waals surface area contributed by atoms with Crippen LogP contribution >= 0.6 is 0 Å². The van der Waals surface area contributed by atoms with Crippen molar-refractivity contribution in [3.05, 3.63) is 47.3 Å². The number of ether oxygens (including phenoxy) is 1. The Bertz CT molecular complexity index is 1370. The van der Waals surface area contributed by atoms with Crippen LogP contribution in [0.4, 0.5) is 5.69 Å². The first-order valence-corrected chi connectivity index (χ1v) is 13.2. The molecule has 0 radical (unpaired) electrons. The van der Waals surface area contributed by atoms with E-state index in [-0.39, 0.29) is 41.3 Å². The third-order valence-corrected chi connectivity index (χ3v) is 8.09. The van der Waals surface area contributed by atoms with Crippen LogP contribution in [0.25, 0.3) is 0 Å². The van der Waals surface area contributed by atoms with E-state index in [4.69, 9.17) is 4.74 Å². The third-order valence-electron chi connectivity index (χ3n) is 8.09. The Hall–Kier alpha value is -4.06. The van der Waals surface area contributed by atoms with Crippen LogP contribution in [0.3, 0.4) is 0 Å². The number of likely N-dealkylation sites (tertiary alicyclic amines) is 1. The maximum absolute atomic E-state index is 13.3. The standard InChI is InChI=1S/C27H30N6O6/c1-27(14-39-15-27)26(38)31-9-7-17(8-10-31)32-13-16(12-29-32)11-28-19-4-2-3-18-22(19)25(37)33(24(18)36)20-5-6-21(34)30-23(20)35/h2-4,12-13,17,20,28H,5-11,14-15H2,1H3,(H,30,34,35). The van der Waals surface area contributed by atoms with E-state index in [0.717, 1.165) is 23.3 Å². The van der Waals surface area contributed by atoms with Crippen molar-refractivity contribution in [1.29, 1.82) is 0 Å². The summed E-state index contributed by atoms with van der Waals surface area (Å²) in [5.74, 6) is -1.97. The molecule has 0 aliphatic carbocycles. The Labute approximate surface area is 224 Å². The molecule has 6 rings (SSSR count). The minimum Gasteiger partial charge on any atom is -0.380 e. The summed E-state index contributed by atoms with van der Waals surface area (Å²) < 4.78 is 7.17. The number of piperidine rings is 2. The molecule has 4 aliphatic rings. The summed E-state index contributed by atoms with van der Waals surface area (Å²) in [4.78, 5) is 65.9. The molecule has 4 aliphatic heterocycles. The van der Waals surface area contributed by atoms with Gasteiger partial charge in [-0.3, -0.25) is 38.9 Å².